The fourth-order valence-electron chi connectivity index (χ4n) is 8.50. The first-order chi connectivity index (χ1) is 26.7. The average Bonchev–Trinajstić information content (AvgIpc) is 3.79. The normalized spacial score (nSPS) is 12.9. The third-order valence-electron chi connectivity index (χ3n) is 12.2. The van der Waals surface area contributed by atoms with Gasteiger partial charge in [0.1, 0.15) is 5.82 Å². The van der Waals surface area contributed by atoms with Crippen molar-refractivity contribution >= 4 is 0 Å². The maximum Gasteiger partial charge on any atom is 0.134 e. The van der Waals surface area contributed by atoms with E-state index in [-0.39, 0.29) is 30.9 Å². The predicted octanol–water partition coefficient (Wildman–Crippen LogP) is 12.9. The van der Waals surface area contributed by atoms with Gasteiger partial charge in [-0.25, -0.2) is 0 Å². The standard InChI is InChI=1S/C51H51N4.Ir/c1-7-9-10-11-18-36-19-16-20-38(31-36)39-21-17-22-40(32-39)48-53-54-49(50(4,5)8-2)55(48)47-34-52-33-44(35(47)3)37-27-29-41(30-28-37)51(6)45-25-14-12-23-42(45)43-24-13-15-26-46(43)51;/h12-17,19-21,23-34H,7-11,18H2,1-6H3;/q-1;. The molecule has 1 aliphatic rings. The maximum atomic E-state index is 4.89. The molecule has 1 radical (unpaired) electrons. The van der Waals surface area contributed by atoms with Crippen LogP contribution in [0.2, 0.25) is 0 Å². The molecule has 0 saturated carbocycles. The van der Waals surface area contributed by atoms with Gasteiger partial charge in [-0.2, -0.15) is 5.10 Å². The van der Waals surface area contributed by atoms with Crippen molar-refractivity contribution in [1.29, 1.82) is 0 Å². The minimum absolute atomic E-state index is 0. The van der Waals surface area contributed by atoms with Gasteiger partial charge >= 0.3 is 0 Å². The van der Waals surface area contributed by atoms with Crippen molar-refractivity contribution in [1.82, 2.24) is 19.7 Å². The molecule has 0 unspecified atom stereocenters. The molecular weight excluding hydrogens is 861 g/mol. The van der Waals surface area contributed by atoms with E-state index in [9.17, 15) is 0 Å². The van der Waals surface area contributed by atoms with Gasteiger partial charge < -0.3 is 4.57 Å². The van der Waals surface area contributed by atoms with Gasteiger partial charge in [-0.1, -0.05) is 144 Å². The van der Waals surface area contributed by atoms with Crippen LogP contribution in [0.3, 0.4) is 0 Å². The molecule has 0 fully saturated rings. The number of pyridine rings is 1. The van der Waals surface area contributed by atoms with Crippen molar-refractivity contribution in [3.63, 3.8) is 0 Å². The van der Waals surface area contributed by atoms with Crippen LogP contribution in [-0.2, 0) is 37.4 Å². The number of hydrogen-bond donors (Lipinski definition) is 0. The van der Waals surface area contributed by atoms with Gasteiger partial charge in [-0.15, -0.1) is 40.5 Å². The van der Waals surface area contributed by atoms with Crippen LogP contribution in [0.25, 0.3) is 50.5 Å². The molecule has 0 N–H and O–H groups in total. The number of unbranched alkanes of at least 4 members (excludes halogenated alkanes) is 3. The van der Waals surface area contributed by atoms with Gasteiger partial charge in [0.25, 0.3) is 0 Å². The van der Waals surface area contributed by atoms with E-state index >= 15 is 0 Å². The number of nitrogens with zero attached hydrogens (tertiary/aromatic N) is 4. The predicted molar refractivity (Wildman–Crippen MR) is 228 cm³/mol. The Morgan fingerprint density at radius 3 is 2.09 bits per heavy atom. The second-order valence-electron chi connectivity index (χ2n) is 16.0. The Bertz CT molecular complexity index is 2430. The number of rotatable bonds is 12. The Kier molecular flexibility index (Phi) is 11.4. The van der Waals surface area contributed by atoms with Gasteiger partial charge in [0.15, 0.2) is 0 Å². The second kappa shape index (κ2) is 16.3. The number of benzene rings is 5. The first-order valence-corrected chi connectivity index (χ1v) is 20.1. The van der Waals surface area contributed by atoms with Crippen LogP contribution in [0, 0.1) is 13.0 Å². The van der Waals surface area contributed by atoms with E-state index in [0.717, 1.165) is 58.0 Å². The largest absolute Gasteiger partial charge is 0.318 e. The second-order valence-corrected chi connectivity index (χ2v) is 16.0. The molecule has 2 heterocycles. The zero-order valence-electron chi connectivity index (χ0n) is 33.5. The van der Waals surface area contributed by atoms with Crippen molar-refractivity contribution in [3.05, 3.63) is 167 Å². The van der Waals surface area contributed by atoms with E-state index in [1.807, 2.05) is 18.5 Å². The molecule has 5 aromatic carbocycles. The van der Waals surface area contributed by atoms with Gasteiger partial charge in [-0.05, 0) is 83.2 Å². The van der Waals surface area contributed by atoms with Crippen LogP contribution in [0.4, 0.5) is 0 Å². The molecular formula is C51H51IrN4-. The SMILES string of the molecule is CCCCCCc1cccc(-c2cc[c-]c(-c3nnc(C(C)(C)CC)n3-c3cncc(-c4ccc(C5(C)c6ccccc6-c6ccccc65)cc4)c3C)c2)c1.[Ir]. The summed E-state index contributed by atoms with van der Waals surface area (Å²) in [5.74, 6) is 1.69. The molecule has 285 valence electrons. The summed E-state index contributed by atoms with van der Waals surface area (Å²) >= 11 is 0. The zero-order valence-corrected chi connectivity index (χ0v) is 35.9. The van der Waals surface area contributed by atoms with Crippen molar-refractivity contribution < 1.29 is 20.1 Å². The molecule has 56 heavy (non-hydrogen) atoms. The van der Waals surface area contributed by atoms with Gasteiger partial charge in [0.05, 0.1) is 17.7 Å². The van der Waals surface area contributed by atoms with Crippen molar-refractivity contribution in [2.24, 2.45) is 0 Å². The molecule has 8 rings (SSSR count). The topological polar surface area (TPSA) is 43.6 Å². The van der Waals surface area contributed by atoms with E-state index in [4.69, 9.17) is 15.2 Å². The molecule has 0 aliphatic heterocycles. The fourth-order valence-corrected chi connectivity index (χ4v) is 8.50. The quantitative estimate of drug-likeness (QED) is 0.0906. The van der Waals surface area contributed by atoms with E-state index in [0.29, 0.717) is 0 Å². The van der Waals surface area contributed by atoms with Crippen LogP contribution in [0.5, 0.6) is 0 Å². The van der Waals surface area contributed by atoms with Crippen molar-refractivity contribution in [2.45, 2.75) is 90.9 Å². The summed E-state index contributed by atoms with van der Waals surface area (Å²) in [5.41, 5.74) is 15.2. The Morgan fingerprint density at radius 1 is 0.696 bits per heavy atom. The third kappa shape index (κ3) is 7.01. The number of aromatic nitrogens is 4. The number of fused-ring (bicyclic) bond motifs is 3. The van der Waals surface area contributed by atoms with Crippen LogP contribution >= 0.6 is 0 Å². The Hall–Kier alpha value is -4.96. The molecule has 0 atom stereocenters. The molecule has 2 aromatic heterocycles. The van der Waals surface area contributed by atoms with Crippen LogP contribution in [-0.4, -0.2) is 19.7 Å². The molecule has 1 aliphatic carbocycles. The van der Waals surface area contributed by atoms with E-state index < -0.39 is 0 Å². The zero-order chi connectivity index (χ0) is 38.2. The van der Waals surface area contributed by atoms with Gasteiger partial charge in [0.2, 0.25) is 0 Å². The number of aryl methyl sites for hydroxylation is 1. The van der Waals surface area contributed by atoms with E-state index in [1.54, 1.807) is 0 Å². The van der Waals surface area contributed by atoms with Gasteiger partial charge in [-0.3, -0.25) is 4.98 Å². The Labute approximate surface area is 346 Å². The van der Waals surface area contributed by atoms with Crippen molar-refractivity contribution in [3.8, 4) is 50.5 Å². The summed E-state index contributed by atoms with van der Waals surface area (Å²) < 4.78 is 2.23. The summed E-state index contributed by atoms with van der Waals surface area (Å²) in [7, 11) is 0. The monoisotopic (exact) mass is 912 g/mol. The third-order valence-corrected chi connectivity index (χ3v) is 12.2. The number of hydrogen-bond acceptors (Lipinski definition) is 3. The summed E-state index contributed by atoms with van der Waals surface area (Å²) in [6, 6.07) is 45.7. The molecule has 5 heteroatoms. The minimum atomic E-state index is -0.236. The molecule has 0 saturated heterocycles. The summed E-state index contributed by atoms with van der Waals surface area (Å²) in [6.45, 7) is 13.5. The summed E-state index contributed by atoms with van der Waals surface area (Å²) in [5, 5.41) is 9.77. The molecule has 0 spiro atoms. The minimum Gasteiger partial charge on any atom is -0.318 e. The average molecular weight is 912 g/mol. The molecule has 4 nitrogen and oxygen atoms in total. The van der Waals surface area contributed by atoms with E-state index in [2.05, 4.69) is 161 Å². The first kappa shape index (κ1) is 39.3. The molecule has 7 aromatic rings. The van der Waals surface area contributed by atoms with E-state index in [1.165, 1.54) is 64.6 Å². The summed E-state index contributed by atoms with van der Waals surface area (Å²) in [4.78, 5) is 4.86. The van der Waals surface area contributed by atoms with Crippen LogP contribution in [0.15, 0.2) is 128 Å². The smallest absolute Gasteiger partial charge is 0.134 e. The molecule has 0 bridgehead atoms. The van der Waals surface area contributed by atoms with Crippen LogP contribution in [0.1, 0.15) is 100 Å². The van der Waals surface area contributed by atoms with Crippen molar-refractivity contribution in [2.75, 3.05) is 0 Å². The van der Waals surface area contributed by atoms with Crippen LogP contribution < -0.4 is 0 Å². The maximum absolute atomic E-state index is 4.89. The Balaban J connectivity index is 0.00000480. The summed E-state index contributed by atoms with van der Waals surface area (Å²) in [6.07, 6.45) is 11.0. The molecule has 0 amide bonds. The van der Waals surface area contributed by atoms with Gasteiger partial charge in [0, 0.05) is 42.7 Å². The Morgan fingerprint density at radius 2 is 1.39 bits per heavy atom. The first-order valence-electron chi connectivity index (χ1n) is 20.1. The fraction of sp³-hybridized carbons (Fsp3) is 0.275.